The normalized spacial score (nSPS) is 19.4. The number of hydrogen-bond donors (Lipinski definition) is 0. The van der Waals surface area contributed by atoms with Crippen LogP contribution >= 0.6 is 11.3 Å². The zero-order valence-corrected chi connectivity index (χ0v) is 11.1. The first kappa shape index (κ1) is 11.5. The zero-order chi connectivity index (χ0) is 12.5. The smallest absolute Gasteiger partial charge is 0.290 e. The summed E-state index contributed by atoms with van der Waals surface area (Å²) in [6, 6.07) is 7.97. The molecule has 0 aromatic carbocycles. The zero-order valence-electron chi connectivity index (χ0n) is 10.3. The Balaban J connectivity index is 1.85. The predicted octanol–water partition coefficient (Wildman–Crippen LogP) is 3.63. The number of hydrogen-bond acceptors (Lipinski definition) is 3. The van der Waals surface area contributed by atoms with Gasteiger partial charge in [-0.15, -0.1) is 11.3 Å². The van der Waals surface area contributed by atoms with Crippen LogP contribution in [0, 0.1) is 6.92 Å². The van der Waals surface area contributed by atoms with Crippen molar-refractivity contribution in [1.29, 1.82) is 0 Å². The first-order valence-corrected chi connectivity index (χ1v) is 7.04. The van der Waals surface area contributed by atoms with Crippen LogP contribution < -0.4 is 0 Å². The molecular weight excluding hydrogens is 246 g/mol. The summed E-state index contributed by atoms with van der Waals surface area (Å²) in [4.78, 5) is 15.6. The van der Waals surface area contributed by atoms with E-state index in [-0.39, 0.29) is 11.9 Å². The SMILES string of the molecule is Cc1ccc(C(=O)N2CCC[C@@H]2c2cccs2)o1. The number of likely N-dealkylation sites (tertiary alicyclic amines) is 1. The van der Waals surface area contributed by atoms with Crippen LogP contribution in [0.25, 0.3) is 0 Å². The molecule has 0 saturated carbocycles. The van der Waals surface area contributed by atoms with E-state index in [2.05, 4.69) is 11.4 Å². The number of furan rings is 1. The average Bonchev–Trinajstić information content (AvgIpc) is 3.08. The van der Waals surface area contributed by atoms with Gasteiger partial charge in [-0.2, -0.15) is 0 Å². The fourth-order valence-corrected chi connectivity index (χ4v) is 3.35. The number of amides is 1. The maximum atomic E-state index is 12.4. The molecular formula is C14H15NO2S. The molecule has 0 N–H and O–H groups in total. The van der Waals surface area contributed by atoms with Crippen molar-refractivity contribution in [2.24, 2.45) is 0 Å². The number of carbonyl (C=O) groups is 1. The van der Waals surface area contributed by atoms with Crippen LogP contribution in [0.15, 0.2) is 34.1 Å². The Kier molecular flexibility index (Phi) is 2.96. The van der Waals surface area contributed by atoms with Crippen molar-refractivity contribution in [3.63, 3.8) is 0 Å². The summed E-state index contributed by atoms with van der Waals surface area (Å²) in [5.74, 6) is 1.25. The molecule has 3 rings (SSSR count). The first-order chi connectivity index (χ1) is 8.75. The Morgan fingerprint density at radius 1 is 1.44 bits per heavy atom. The summed E-state index contributed by atoms with van der Waals surface area (Å²) in [6.45, 7) is 2.68. The molecule has 1 saturated heterocycles. The molecule has 4 heteroatoms. The van der Waals surface area contributed by atoms with E-state index < -0.39 is 0 Å². The predicted molar refractivity (Wildman–Crippen MR) is 70.8 cm³/mol. The van der Waals surface area contributed by atoms with Crippen molar-refractivity contribution >= 4 is 17.2 Å². The summed E-state index contributed by atoms with van der Waals surface area (Å²) in [5, 5.41) is 2.06. The van der Waals surface area contributed by atoms with Gasteiger partial charge in [0.1, 0.15) is 5.76 Å². The molecule has 3 nitrogen and oxygen atoms in total. The summed E-state index contributed by atoms with van der Waals surface area (Å²) >= 11 is 1.72. The number of rotatable bonds is 2. The Morgan fingerprint density at radius 2 is 2.33 bits per heavy atom. The Morgan fingerprint density at radius 3 is 3.00 bits per heavy atom. The van der Waals surface area contributed by atoms with E-state index >= 15 is 0 Å². The fourth-order valence-electron chi connectivity index (χ4n) is 2.48. The van der Waals surface area contributed by atoms with Crippen molar-refractivity contribution in [1.82, 2.24) is 4.90 Å². The van der Waals surface area contributed by atoms with Crippen LogP contribution in [0.1, 0.15) is 40.1 Å². The number of nitrogens with zero attached hydrogens (tertiary/aromatic N) is 1. The molecule has 1 amide bonds. The number of aryl methyl sites for hydroxylation is 1. The molecule has 1 fully saturated rings. The standard InChI is InChI=1S/C14H15NO2S/c1-10-6-7-12(17-10)14(16)15-8-2-4-11(15)13-5-3-9-18-13/h3,5-7,9,11H,2,4,8H2,1H3/t11-/m1/s1. The van der Waals surface area contributed by atoms with Gasteiger partial charge in [0, 0.05) is 11.4 Å². The van der Waals surface area contributed by atoms with Crippen molar-refractivity contribution in [3.8, 4) is 0 Å². The van der Waals surface area contributed by atoms with Crippen LogP contribution in [-0.4, -0.2) is 17.4 Å². The molecule has 2 aromatic rings. The average molecular weight is 261 g/mol. The fraction of sp³-hybridized carbons (Fsp3) is 0.357. The second kappa shape index (κ2) is 4.61. The van der Waals surface area contributed by atoms with Crippen molar-refractivity contribution in [3.05, 3.63) is 46.0 Å². The summed E-state index contributed by atoms with van der Waals surface area (Å²) in [5.41, 5.74) is 0. The Labute approximate surface area is 110 Å². The van der Waals surface area contributed by atoms with E-state index in [0.717, 1.165) is 25.1 Å². The van der Waals surface area contributed by atoms with Gasteiger partial charge < -0.3 is 9.32 Å². The minimum absolute atomic E-state index is 0.0130. The van der Waals surface area contributed by atoms with Gasteiger partial charge in [-0.25, -0.2) is 0 Å². The highest BCUT2D eigenvalue weighted by molar-refractivity contribution is 7.10. The van der Waals surface area contributed by atoms with E-state index in [1.54, 1.807) is 17.4 Å². The van der Waals surface area contributed by atoms with Crippen molar-refractivity contribution in [2.75, 3.05) is 6.54 Å². The Hall–Kier alpha value is -1.55. The molecule has 1 atom stereocenters. The quantitative estimate of drug-likeness (QED) is 0.827. The second-order valence-electron chi connectivity index (χ2n) is 4.58. The van der Waals surface area contributed by atoms with Gasteiger partial charge in [-0.05, 0) is 43.3 Å². The highest BCUT2D eigenvalue weighted by Gasteiger charge is 2.32. The maximum absolute atomic E-state index is 12.4. The molecule has 18 heavy (non-hydrogen) atoms. The minimum atomic E-state index is 0.0130. The first-order valence-electron chi connectivity index (χ1n) is 6.16. The van der Waals surface area contributed by atoms with E-state index in [0.29, 0.717) is 5.76 Å². The lowest BCUT2D eigenvalue weighted by molar-refractivity contribution is 0.0704. The monoisotopic (exact) mass is 261 g/mol. The highest BCUT2D eigenvalue weighted by Crippen LogP contribution is 2.35. The lowest BCUT2D eigenvalue weighted by Gasteiger charge is -2.22. The number of thiophene rings is 1. The molecule has 0 radical (unpaired) electrons. The highest BCUT2D eigenvalue weighted by atomic mass is 32.1. The van der Waals surface area contributed by atoms with Gasteiger partial charge in [-0.3, -0.25) is 4.79 Å². The lowest BCUT2D eigenvalue weighted by Crippen LogP contribution is -2.29. The van der Waals surface area contributed by atoms with Gasteiger partial charge in [0.05, 0.1) is 6.04 Å². The third-order valence-electron chi connectivity index (χ3n) is 3.34. The summed E-state index contributed by atoms with van der Waals surface area (Å²) in [7, 11) is 0. The molecule has 2 aromatic heterocycles. The van der Waals surface area contributed by atoms with Gasteiger partial charge >= 0.3 is 0 Å². The van der Waals surface area contributed by atoms with Gasteiger partial charge in [0.15, 0.2) is 5.76 Å². The molecule has 3 heterocycles. The molecule has 0 bridgehead atoms. The van der Waals surface area contributed by atoms with Crippen LogP contribution in [-0.2, 0) is 0 Å². The third kappa shape index (κ3) is 1.97. The third-order valence-corrected chi connectivity index (χ3v) is 4.31. The largest absolute Gasteiger partial charge is 0.456 e. The van der Waals surface area contributed by atoms with Crippen molar-refractivity contribution in [2.45, 2.75) is 25.8 Å². The minimum Gasteiger partial charge on any atom is -0.456 e. The Bertz CT molecular complexity index is 544. The van der Waals surface area contributed by atoms with Crippen molar-refractivity contribution < 1.29 is 9.21 Å². The molecule has 0 unspecified atom stereocenters. The van der Waals surface area contributed by atoms with Crippen LogP contribution in [0.4, 0.5) is 0 Å². The van der Waals surface area contributed by atoms with E-state index in [4.69, 9.17) is 4.42 Å². The molecule has 1 aliphatic heterocycles. The van der Waals surface area contributed by atoms with Crippen LogP contribution in [0.3, 0.4) is 0 Å². The van der Waals surface area contributed by atoms with Gasteiger partial charge in [0.25, 0.3) is 5.91 Å². The summed E-state index contributed by atoms with van der Waals surface area (Å²) < 4.78 is 5.44. The lowest BCUT2D eigenvalue weighted by atomic mass is 10.2. The van der Waals surface area contributed by atoms with Gasteiger partial charge in [0.2, 0.25) is 0 Å². The second-order valence-corrected chi connectivity index (χ2v) is 5.56. The maximum Gasteiger partial charge on any atom is 0.290 e. The summed E-state index contributed by atoms with van der Waals surface area (Å²) in [6.07, 6.45) is 2.11. The van der Waals surface area contributed by atoms with E-state index in [1.165, 1.54) is 4.88 Å². The topological polar surface area (TPSA) is 33.5 Å². The molecule has 1 aliphatic rings. The molecule has 0 spiro atoms. The van der Waals surface area contributed by atoms with E-state index in [1.807, 2.05) is 24.0 Å². The molecule has 0 aliphatic carbocycles. The number of carbonyl (C=O) groups excluding carboxylic acids is 1. The molecule has 94 valence electrons. The van der Waals surface area contributed by atoms with Crippen LogP contribution in [0.2, 0.25) is 0 Å². The van der Waals surface area contributed by atoms with Gasteiger partial charge in [-0.1, -0.05) is 6.07 Å². The van der Waals surface area contributed by atoms with E-state index in [9.17, 15) is 4.79 Å². The van der Waals surface area contributed by atoms with Crippen LogP contribution in [0.5, 0.6) is 0 Å².